The third-order valence-electron chi connectivity index (χ3n) is 4.95. The second kappa shape index (κ2) is 7.15. The zero-order chi connectivity index (χ0) is 17.1. The summed E-state index contributed by atoms with van der Waals surface area (Å²) in [6, 6.07) is 2.86. The molecular formula is C17H24N4O3. The lowest BCUT2D eigenvalue weighted by Gasteiger charge is -2.27. The van der Waals surface area contributed by atoms with Crippen molar-refractivity contribution < 1.29 is 9.59 Å². The summed E-state index contributed by atoms with van der Waals surface area (Å²) in [5.74, 6) is -0.216. The highest BCUT2D eigenvalue weighted by Gasteiger charge is 2.35. The standard InChI is InChI=1S/C17H24N4O3/c1-20-15(22)9-8-14(19-20)17(24)18-12-10-16(23)21(11-12)13-6-4-2-3-5-7-13/h8-9,12-13H,2-7,10-11H2,1H3,(H,18,24). The van der Waals surface area contributed by atoms with E-state index in [1.807, 2.05) is 4.90 Å². The molecule has 0 bridgehead atoms. The number of likely N-dealkylation sites (tertiary alicyclic amines) is 1. The molecule has 1 aromatic rings. The molecule has 2 fully saturated rings. The summed E-state index contributed by atoms with van der Waals surface area (Å²) >= 11 is 0. The molecule has 7 nitrogen and oxygen atoms in total. The van der Waals surface area contributed by atoms with E-state index in [2.05, 4.69) is 10.4 Å². The Balaban J connectivity index is 1.62. The quantitative estimate of drug-likeness (QED) is 0.831. The van der Waals surface area contributed by atoms with Crippen molar-refractivity contribution in [3.8, 4) is 0 Å². The maximum atomic E-state index is 12.3. The maximum absolute atomic E-state index is 12.3. The van der Waals surface area contributed by atoms with Gasteiger partial charge < -0.3 is 10.2 Å². The molecule has 2 amide bonds. The van der Waals surface area contributed by atoms with Gasteiger partial charge in [0.05, 0.1) is 6.04 Å². The van der Waals surface area contributed by atoms with E-state index in [1.54, 1.807) is 0 Å². The van der Waals surface area contributed by atoms with Crippen molar-refractivity contribution in [3.05, 3.63) is 28.2 Å². The number of nitrogens with one attached hydrogen (secondary N) is 1. The van der Waals surface area contributed by atoms with Gasteiger partial charge >= 0.3 is 0 Å². The molecule has 1 unspecified atom stereocenters. The maximum Gasteiger partial charge on any atom is 0.272 e. The van der Waals surface area contributed by atoms with Crippen LogP contribution in [0.15, 0.2) is 16.9 Å². The molecule has 1 aromatic heterocycles. The Hall–Kier alpha value is -2.18. The van der Waals surface area contributed by atoms with Crippen LogP contribution in [-0.2, 0) is 11.8 Å². The summed E-state index contributed by atoms with van der Waals surface area (Å²) in [4.78, 5) is 37.9. The SMILES string of the molecule is Cn1nc(C(=O)NC2CC(=O)N(C3CCCCCC3)C2)ccc1=O. The number of carbonyl (C=O) groups excluding carboxylic acids is 2. The lowest BCUT2D eigenvalue weighted by Crippen LogP contribution is -2.41. The first-order chi connectivity index (χ1) is 11.5. The summed E-state index contributed by atoms with van der Waals surface area (Å²) in [6.45, 7) is 0.570. The molecule has 3 rings (SSSR count). The van der Waals surface area contributed by atoms with Gasteiger partial charge in [-0.3, -0.25) is 14.4 Å². The molecule has 1 aliphatic heterocycles. The second-order valence-corrected chi connectivity index (χ2v) is 6.75. The van der Waals surface area contributed by atoms with E-state index in [4.69, 9.17) is 0 Å². The monoisotopic (exact) mass is 332 g/mol. The van der Waals surface area contributed by atoms with Gasteiger partial charge in [-0.25, -0.2) is 4.68 Å². The summed E-state index contributed by atoms with van der Waals surface area (Å²) in [5, 5.41) is 6.83. The Labute approximate surface area is 141 Å². The van der Waals surface area contributed by atoms with E-state index in [-0.39, 0.29) is 29.1 Å². The number of rotatable bonds is 3. The molecule has 7 heteroatoms. The summed E-state index contributed by atoms with van der Waals surface area (Å²) in [5.41, 5.74) is -0.0698. The third kappa shape index (κ3) is 3.66. The predicted molar refractivity (Wildman–Crippen MR) is 88.6 cm³/mol. The molecular weight excluding hydrogens is 308 g/mol. The normalized spacial score (nSPS) is 22.5. The molecule has 1 atom stereocenters. The van der Waals surface area contributed by atoms with E-state index < -0.39 is 0 Å². The fourth-order valence-corrected chi connectivity index (χ4v) is 3.63. The van der Waals surface area contributed by atoms with E-state index >= 15 is 0 Å². The predicted octanol–water partition coefficient (Wildman–Crippen LogP) is 0.834. The van der Waals surface area contributed by atoms with Gasteiger partial charge in [-0.1, -0.05) is 25.7 Å². The molecule has 0 radical (unpaired) electrons. The Morgan fingerprint density at radius 2 is 1.88 bits per heavy atom. The van der Waals surface area contributed by atoms with Gasteiger partial charge in [0.15, 0.2) is 0 Å². The summed E-state index contributed by atoms with van der Waals surface area (Å²) in [6.07, 6.45) is 7.31. The summed E-state index contributed by atoms with van der Waals surface area (Å²) < 4.78 is 1.13. The van der Waals surface area contributed by atoms with Crippen molar-refractivity contribution in [1.82, 2.24) is 20.0 Å². The zero-order valence-electron chi connectivity index (χ0n) is 14.0. The van der Waals surface area contributed by atoms with Gasteiger partial charge in [0, 0.05) is 32.1 Å². The Morgan fingerprint density at radius 3 is 2.54 bits per heavy atom. The van der Waals surface area contributed by atoms with Crippen LogP contribution in [0, 0.1) is 0 Å². The fourth-order valence-electron chi connectivity index (χ4n) is 3.63. The van der Waals surface area contributed by atoms with E-state index in [9.17, 15) is 14.4 Å². The number of hydrogen-bond acceptors (Lipinski definition) is 4. The fraction of sp³-hybridized carbons (Fsp3) is 0.647. The van der Waals surface area contributed by atoms with Crippen molar-refractivity contribution >= 4 is 11.8 Å². The highest BCUT2D eigenvalue weighted by molar-refractivity contribution is 5.93. The van der Waals surface area contributed by atoms with Crippen LogP contribution in [0.1, 0.15) is 55.4 Å². The van der Waals surface area contributed by atoms with Crippen molar-refractivity contribution in [2.45, 2.75) is 57.0 Å². The van der Waals surface area contributed by atoms with Crippen molar-refractivity contribution in [2.75, 3.05) is 6.54 Å². The molecule has 0 spiro atoms. The van der Waals surface area contributed by atoms with Gasteiger partial charge in [0.25, 0.3) is 11.5 Å². The van der Waals surface area contributed by atoms with Gasteiger partial charge in [-0.2, -0.15) is 5.10 Å². The molecule has 2 aliphatic rings. The minimum absolute atomic E-state index is 0.126. The van der Waals surface area contributed by atoms with Crippen LogP contribution in [0.5, 0.6) is 0 Å². The number of aryl methyl sites for hydroxylation is 1. The van der Waals surface area contributed by atoms with Crippen molar-refractivity contribution in [1.29, 1.82) is 0 Å². The van der Waals surface area contributed by atoms with Gasteiger partial charge in [-0.15, -0.1) is 0 Å². The van der Waals surface area contributed by atoms with Crippen molar-refractivity contribution in [2.24, 2.45) is 7.05 Å². The number of nitrogens with zero attached hydrogens (tertiary/aromatic N) is 3. The minimum atomic E-state index is -0.342. The van der Waals surface area contributed by atoms with Crippen LogP contribution in [0.4, 0.5) is 0 Å². The molecule has 24 heavy (non-hydrogen) atoms. The first kappa shape index (κ1) is 16.7. The number of amides is 2. The number of hydrogen-bond donors (Lipinski definition) is 1. The first-order valence-corrected chi connectivity index (χ1v) is 8.69. The largest absolute Gasteiger partial charge is 0.346 e. The van der Waals surface area contributed by atoms with E-state index in [0.717, 1.165) is 17.5 Å². The van der Waals surface area contributed by atoms with Gasteiger partial charge in [0.1, 0.15) is 5.69 Å². The average Bonchev–Trinajstić information content (AvgIpc) is 2.76. The molecule has 1 N–H and O–H groups in total. The summed E-state index contributed by atoms with van der Waals surface area (Å²) in [7, 11) is 1.51. The molecule has 0 aromatic carbocycles. The topological polar surface area (TPSA) is 84.3 Å². The van der Waals surface area contributed by atoms with Crippen LogP contribution >= 0.6 is 0 Å². The van der Waals surface area contributed by atoms with Crippen molar-refractivity contribution in [3.63, 3.8) is 0 Å². The molecule has 2 heterocycles. The third-order valence-corrected chi connectivity index (χ3v) is 4.95. The lowest BCUT2D eigenvalue weighted by atomic mass is 10.1. The highest BCUT2D eigenvalue weighted by atomic mass is 16.2. The van der Waals surface area contributed by atoms with Gasteiger partial charge in [-0.05, 0) is 18.9 Å². The van der Waals surface area contributed by atoms with Crippen LogP contribution in [0.2, 0.25) is 0 Å². The van der Waals surface area contributed by atoms with Crippen LogP contribution in [0.25, 0.3) is 0 Å². The molecule has 1 aliphatic carbocycles. The van der Waals surface area contributed by atoms with Crippen LogP contribution in [0.3, 0.4) is 0 Å². The number of carbonyl (C=O) groups is 2. The van der Waals surface area contributed by atoms with E-state index in [1.165, 1.54) is 44.9 Å². The van der Waals surface area contributed by atoms with Crippen LogP contribution < -0.4 is 10.9 Å². The molecule has 1 saturated carbocycles. The number of aromatic nitrogens is 2. The Bertz CT molecular complexity index is 677. The van der Waals surface area contributed by atoms with E-state index in [0.29, 0.717) is 19.0 Å². The Kier molecular flexibility index (Phi) is 4.97. The average molecular weight is 332 g/mol. The van der Waals surface area contributed by atoms with Gasteiger partial charge in [0.2, 0.25) is 5.91 Å². The smallest absolute Gasteiger partial charge is 0.272 e. The molecule has 1 saturated heterocycles. The second-order valence-electron chi connectivity index (χ2n) is 6.75. The Morgan fingerprint density at radius 1 is 1.17 bits per heavy atom. The van der Waals surface area contributed by atoms with Crippen LogP contribution in [-0.4, -0.2) is 45.1 Å². The zero-order valence-corrected chi connectivity index (χ0v) is 14.0. The minimum Gasteiger partial charge on any atom is -0.346 e. The highest BCUT2D eigenvalue weighted by Crippen LogP contribution is 2.25. The molecule has 130 valence electrons. The lowest BCUT2D eigenvalue weighted by molar-refractivity contribution is -0.129. The first-order valence-electron chi connectivity index (χ1n) is 8.69.